The van der Waals surface area contributed by atoms with Gasteiger partial charge in [0.2, 0.25) is 0 Å². The molecule has 7 nitrogen and oxygen atoms in total. The third-order valence-corrected chi connectivity index (χ3v) is 18.1. The number of nitrogens with zero attached hydrogens (tertiary/aromatic N) is 1. The molecule has 4 unspecified atom stereocenters. The number of rotatable bonds is 32. The first-order valence-electron chi connectivity index (χ1n) is 28.9. The van der Waals surface area contributed by atoms with E-state index < -0.39 is 5.79 Å². The van der Waals surface area contributed by atoms with Gasteiger partial charge in [-0.25, -0.2) is 0 Å². The van der Waals surface area contributed by atoms with Gasteiger partial charge in [0.15, 0.2) is 5.79 Å². The minimum atomic E-state index is -0.496. The summed E-state index contributed by atoms with van der Waals surface area (Å²) in [6, 6.07) is 0. The topological polar surface area (TPSA) is 58.6 Å². The number of piperidine rings is 1. The van der Waals surface area contributed by atoms with Crippen LogP contribution in [0.25, 0.3) is 0 Å². The second-order valence-corrected chi connectivity index (χ2v) is 24.1. The molecule has 2 saturated heterocycles. The maximum Gasteiger partial charge on any atom is 0.163 e. The highest BCUT2D eigenvalue weighted by Gasteiger charge is 2.59. The minimum absolute atomic E-state index is 0.00683. The van der Waals surface area contributed by atoms with Gasteiger partial charge in [0.05, 0.1) is 57.5 Å². The van der Waals surface area contributed by atoms with Gasteiger partial charge in [0.25, 0.3) is 0 Å². The molecule has 6 aliphatic rings. The van der Waals surface area contributed by atoms with Crippen LogP contribution >= 0.6 is 0 Å². The molecule has 2 aliphatic heterocycles. The number of unbranched alkanes of at least 4 members (excludes halogenated alkanes) is 9. The molecule has 0 spiro atoms. The maximum absolute atomic E-state index is 6.55. The molecule has 0 aromatic heterocycles. The Hall–Kier alpha value is -1.06. The number of fused-ring (bicyclic) bond motifs is 6. The number of likely N-dealkylation sites (tertiary alicyclic amines) is 1. The van der Waals surface area contributed by atoms with Crippen molar-refractivity contribution in [2.45, 2.75) is 240 Å². The Morgan fingerprint density at radius 3 is 2.25 bits per heavy atom. The van der Waals surface area contributed by atoms with E-state index in [1.54, 1.807) is 5.57 Å². The summed E-state index contributed by atoms with van der Waals surface area (Å²) >= 11 is 0. The lowest BCUT2D eigenvalue weighted by atomic mass is 9.47. The molecule has 0 aromatic rings. The van der Waals surface area contributed by atoms with E-state index in [0.29, 0.717) is 50.0 Å². The summed E-state index contributed by atoms with van der Waals surface area (Å²) in [4.78, 5) is 2.48. The van der Waals surface area contributed by atoms with E-state index >= 15 is 0 Å². The first-order valence-corrected chi connectivity index (χ1v) is 28.9. The second-order valence-electron chi connectivity index (χ2n) is 24.1. The molecule has 0 radical (unpaired) electrons. The van der Waals surface area contributed by atoms with Crippen molar-refractivity contribution in [3.63, 3.8) is 0 Å². The predicted molar refractivity (Wildman–Crippen MR) is 278 cm³/mol. The molecular formula is C60H105NO6. The number of allylic oxidation sites excluding steroid dienone is 5. The van der Waals surface area contributed by atoms with Crippen LogP contribution in [0.4, 0.5) is 0 Å². The molecule has 7 heteroatoms. The molecule has 386 valence electrons. The average molecular weight is 937 g/mol. The maximum atomic E-state index is 6.55. The zero-order valence-electron chi connectivity index (χ0n) is 44.9. The Bertz CT molecular complexity index is 1480. The normalized spacial score (nSPS) is 32.7. The number of hydrogen-bond acceptors (Lipinski definition) is 7. The van der Waals surface area contributed by atoms with Gasteiger partial charge in [-0.3, -0.25) is 4.90 Å². The summed E-state index contributed by atoms with van der Waals surface area (Å²) in [5.41, 5.74) is 2.64. The fourth-order valence-electron chi connectivity index (χ4n) is 14.4. The lowest BCUT2D eigenvalue weighted by Gasteiger charge is -2.58. The molecule has 6 rings (SSSR count). The van der Waals surface area contributed by atoms with Crippen molar-refractivity contribution in [1.29, 1.82) is 0 Å². The lowest BCUT2D eigenvalue weighted by molar-refractivity contribution is -0.145. The standard InChI is InChI=1S/C60H105NO6/c1-9-10-11-12-13-14-15-16-17-18-19-20-21-22-23-24-38-63-46-51(44-61-37-34-56-57(45-61)67-58(5,6)66-56)65-42-40-62-39-41-64-50-32-35-59(7)49(43-50)28-29-52-54-31-30-53(48(4)27-25-26-47(2)3)60(54,8)36-33-55(52)59/h13-14,16-17,28,47-48,50-57H,9-12,15,18-27,29-46H2,1-8H3/b14-13-,17-16-/t48-,50+,51?,52?,53-,54?,55?,56-,57+,59+,60-/m1/s1. The van der Waals surface area contributed by atoms with Crippen LogP contribution in [0, 0.1) is 46.3 Å². The molecule has 2 heterocycles. The third kappa shape index (κ3) is 16.7. The zero-order valence-corrected chi connectivity index (χ0v) is 44.9. The van der Waals surface area contributed by atoms with Crippen LogP contribution in [-0.4, -0.2) is 94.4 Å². The Labute approximate surface area is 413 Å². The van der Waals surface area contributed by atoms with Crippen molar-refractivity contribution >= 4 is 0 Å². The van der Waals surface area contributed by atoms with E-state index in [1.165, 1.54) is 128 Å². The van der Waals surface area contributed by atoms with Crippen molar-refractivity contribution in [1.82, 2.24) is 4.90 Å². The zero-order chi connectivity index (χ0) is 47.5. The second kappa shape index (κ2) is 28.3. The highest BCUT2D eigenvalue weighted by atomic mass is 16.8. The quantitative estimate of drug-likeness (QED) is 0.0492. The van der Waals surface area contributed by atoms with E-state index in [2.05, 4.69) is 76.8 Å². The van der Waals surface area contributed by atoms with Gasteiger partial charge in [-0.05, 0) is 156 Å². The summed E-state index contributed by atoms with van der Waals surface area (Å²) < 4.78 is 37.9. The van der Waals surface area contributed by atoms with Crippen LogP contribution in [-0.2, 0) is 28.4 Å². The molecular weight excluding hydrogens is 831 g/mol. The van der Waals surface area contributed by atoms with Crippen LogP contribution in [0.15, 0.2) is 36.0 Å². The van der Waals surface area contributed by atoms with Crippen molar-refractivity contribution < 1.29 is 28.4 Å². The monoisotopic (exact) mass is 936 g/mol. The van der Waals surface area contributed by atoms with Gasteiger partial charge < -0.3 is 28.4 Å². The van der Waals surface area contributed by atoms with E-state index in [-0.39, 0.29) is 18.3 Å². The highest BCUT2D eigenvalue weighted by Crippen LogP contribution is 2.67. The first-order chi connectivity index (χ1) is 32.4. The van der Waals surface area contributed by atoms with E-state index in [0.717, 1.165) is 87.4 Å². The predicted octanol–water partition coefficient (Wildman–Crippen LogP) is 14.9. The molecule has 0 bridgehead atoms. The van der Waals surface area contributed by atoms with Gasteiger partial charge in [0.1, 0.15) is 0 Å². The summed E-state index contributed by atoms with van der Waals surface area (Å²) in [6.07, 6.45) is 43.8. The van der Waals surface area contributed by atoms with Gasteiger partial charge in [0, 0.05) is 26.2 Å². The van der Waals surface area contributed by atoms with Crippen LogP contribution in [0.3, 0.4) is 0 Å². The Morgan fingerprint density at radius 1 is 0.716 bits per heavy atom. The lowest BCUT2D eigenvalue weighted by Crippen LogP contribution is -2.51. The van der Waals surface area contributed by atoms with Crippen molar-refractivity contribution in [3.05, 3.63) is 36.0 Å². The third-order valence-electron chi connectivity index (χ3n) is 18.1. The van der Waals surface area contributed by atoms with E-state index in [9.17, 15) is 0 Å². The van der Waals surface area contributed by atoms with Crippen molar-refractivity contribution in [2.24, 2.45) is 46.3 Å². The average Bonchev–Trinajstić information content (AvgIpc) is 3.82. The minimum Gasteiger partial charge on any atom is -0.379 e. The van der Waals surface area contributed by atoms with Gasteiger partial charge >= 0.3 is 0 Å². The van der Waals surface area contributed by atoms with Crippen molar-refractivity contribution in [2.75, 3.05) is 59.3 Å². The van der Waals surface area contributed by atoms with Gasteiger partial charge in [-0.2, -0.15) is 0 Å². The molecule has 4 aliphatic carbocycles. The Morgan fingerprint density at radius 2 is 1.46 bits per heavy atom. The molecule has 0 N–H and O–H groups in total. The molecule has 67 heavy (non-hydrogen) atoms. The number of hydrogen-bond donors (Lipinski definition) is 0. The summed E-state index contributed by atoms with van der Waals surface area (Å²) in [5, 5.41) is 0. The molecule has 5 fully saturated rings. The first kappa shape index (κ1) is 55.3. The van der Waals surface area contributed by atoms with Crippen LogP contribution in [0.5, 0.6) is 0 Å². The summed E-state index contributed by atoms with van der Waals surface area (Å²) in [7, 11) is 0. The van der Waals surface area contributed by atoms with E-state index in [4.69, 9.17) is 28.4 Å². The molecule has 3 saturated carbocycles. The van der Waals surface area contributed by atoms with E-state index in [1.807, 2.05) is 13.8 Å². The SMILES string of the molecule is CCCCC/C=C\C/C=C\CCCCCCCCOCC(CN1CC[C@H]2OC(C)(C)O[C@H]2C1)OCCOCCO[C@H]1CC[C@@]2(C)C(=CCC3C2CC[C@@]2(C)C3CC[C@@H]2[C@H](C)CCCC(C)C)C1. The fraction of sp³-hybridized carbons (Fsp3) is 0.900. The van der Waals surface area contributed by atoms with Crippen LogP contribution < -0.4 is 0 Å². The number of ether oxygens (including phenoxy) is 6. The van der Waals surface area contributed by atoms with Crippen molar-refractivity contribution in [3.8, 4) is 0 Å². The highest BCUT2D eigenvalue weighted by molar-refractivity contribution is 5.25. The fourth-order valence-corrected chi connectivity index (χ4v) is 14.4. The Balaban J connectivity index is 0.845. The van der Waals surface area contributed by atoms with Crippen LogP contribution in [0.1, 0.15) is 209 Å². The molecule has 11 atom stereocenters. The molecule has 0 amide bonds. The van der Waals surface area contributed by atoms with Crippen LogP contribution in [0.2, 0.25) is 0 Å². The summed E-state index contributed by atoms with van der Waals surface area (Å²) in [6.45, 7) is 25.7. The largest absolute Gasteiger partial charge is 0.379 e. The molecule has 0 aromatic carbocycles. The summed E-state index contributed by atoms with van der Waals surface area (Å²) in [5.74, 6) is 4.81. The van der Waals surface area contributed by atoms with Gasteiger partial charge in [-0.15, -0.1) is 0 Å². The smallest absolute Gasteiger partial charge is 0.163 e. The van der Waals surface area contributed by atoms with Gasteiger partial charge in [-0.1, -0.05) is 135 Å². The Kier molecular flexibility index (Phi) is 23.3.